The summed E-state index contributed by atoms with van der Waals surface area (Å²) < 4.78 is 0. The molecule has 0 unspecified atom stereocenters. The van der Waals surface area contributed by atoms with E-state index in [0.717, 1.165) is 17.1 Å². The van der Waals surface area contributed by atoms with Gasteiger partial charge >= 0.3 is 0 Å². The molecule has 0 aliphatic rings. The number of rotatable bonds is 6. The normalized spacial score (nSPS) is 11.2. The molecule has 150 valence electrons. The van der Waals surface area contributed by atoms with Crippen LogP contribution in [0.25, 0.3) is 22.3 Å². The molecule has 0 aliphatic heterocycles. The highest BCUT2D eigenvalue weighted by atomic mass is 14.9. The first-order valence-corrected chi connectivity index (χ1v) is 10.4. The van der Waals surface area contributed by atoms with Crippen LogP contribution in [0.1, 0.15) is 67.5 Å². The van der Waals surface area contributed by atoms with Crippen LogP contribution in [0, 0.1) is 13.8 Å². The largest absolute Gasteiger partial charge is 0.656 e. The lowest BCUT2D eigenvalue weighted by molar-refractivity contribution is 0.841. The Morgan fingerprint density at radius 1 is 0.793 bits per heavy atom. The number of para-hydroxylation sites is 1. The fraction of sp³-hybridized carbons (Fsp3) is 0.296. The van der Waals surface area contributed by atoms with E-state index in [-0.39, 0.29) is 0 Å². The van der Waals surface area contributed by atoms with Crippen LogP contribution in [0.5, 0.6) is 0 Å². The number of aromatic nitrogens is 1. The number of benzene rings is 2. The lowest BCUT2D eigenvalue weighted by atomic mass is 9.92. The third-order valence-electron chi connectivity index (χ3n) is 5.37. The van der Waals surface area contributed by atoms with Crippen molar-refractivity contribution in [3.8, 4) is 11.3 Å². The van der Waals surface area contributed by atoms with Gasteiger partial charge in [-0.1, -0.05) is 81.3 Å². The van der Waals surface area contributed by atoms with E-state index in [4.69, 9.17) is 10.3 Å². The predicted octanol–water partition coefficient (Wildman–Crippen LogP) is 8.29. The van der Waals surface area contributed by atoms with Gasteiger partial charge in [-0.3, -0.25) is 0 Å². The van der Waals surface area contributed by atoms with Gasteiger partial charge in [0.2, 0.25) is 0 Å². The summed E-state index contributed by atoms with van der Waals surface area (Å²) >= 11 is 0. The second-order valence-corrected chi connectivity index (χ2v) is 8.33. The summed E-state index contributed by atoms with van der Waals surface area (Å²) in [5.41, 5.74) is 9.68. The van der Waals surface area contributed by atoms with Gasteiger partial charge in [0.1, 0.15) is 0 Å². The fourth-order valence-corrected chi connectivity index (χ4v) is 3.79. The van der Waals surface area contributed by atoms with E-state index in [0.29, 0.717) is 17.5 Å². The van der Waals surface area contributed by atoms with Crippen molar-refractivity contribution in [1.29, 1.82) is 0 Å². The van der Waals surface area contributed by atoms with E-state index in [1.165, 1.54) is 27.8 Å². The van der Waals surface area contributed by atoms with E-state index in [1.54, 1.807) is 0 Å². The highest BCUT2D eigenvalue weighted by molar-refractivity contribution is 5.83. The molecular formula is C27H31N2-. The van der Waals surface area contributed by atoms with Crippen molar-refractivity contribution in [2.24, 2.45) is 0 Å². The van der Waals surface area contributed by atoms with Gasteiger partial charge in [0.05, 0.1) is 5.69 Å². The predicted molar refractivity (Wildman–Crippen MR) is 126 cm³/mol. The van der Waals surface area contributed by atoms with Gasteiger partial charge in [-0.2, -0.15) is 0 Å². The molecule has 0 amide bonds. The van der Waals surface area contributed by atoms with Gasteiger partial charge in [-0.25, -0.2) is 4.98 Å². The third kappa shape index (κ3) is 4.42. The molecule has 2 nitrogen and oxygen atoms in total. The molecular weight excluding hydrogens is 352 g/mol. The number of nitrogens with zero attached hydrogens (tertiary/aromatic N) is 2. The van der Waals surface area contributed by atoms with Crippen LogP contribution < -0.4 is 0 Å². The summed E-state index contributed by atoms with van der Waals surface area (Å²) in [6.07, 6.45) is 0. The van der Waals surface area contributed by atoms with Crippen molar-refractivity contribution in [2.75, 3.05) is 0 Å². The molecule has 2 heteroatoms. The standard InChI is InChI=1S/C27H31N2/c1-17(2)22-13-9-14-23(18(3)4)27(22)28-21(7)24-15-10-16-25(29-24)26-19(5)11-8-12-20(26)6/h8-18H,7H2,1-6H3/q-1. The first-order valence-electron chi connectivity index (χ1n) is 10.4. The fourth-order valence-electron chi connectivity index (χ4n) is 3.79. The minimum Gasteiger partial charge on any atom is -0.656 e. The topological polar surface area (TPSA) is 27.0 Å². The van der Waals surface area contributed by atoms with Crippen molar-refractivity contribution in [1.82, 2.24) is 4.98 Å². The van der Waals surface area contributed by atoms with Crippen molar-refractivity contribution in [3.05, 3.63) is 94.4 Å². The smallest absolute Gasteiger partial charge is 0.0714 e. The minimum absolute atomic E-state index is 0.397. The average molecular weight is 384 g/mol. The van der Waals surface area contributed by atoms with Gasteiger partial charge < -0.3 is 5.32 Å². The molecule has 2 aromatic carbocycles. The Morgan fingerprint density at radius 3 is 1.86 bits per heavy atom. The Morgan fingerprint density at radius 2 is 1.31 bits per heavy atom. The molecule has 0 atom stereocenters. The number of aryl methyl sites for hydroxylation is 2. The van der Waals surface area contributed by atoms with E-state index in [2.05, 4.69) is 90.6 Å². The Bertz CT molecular complexity index is 982. The van der Waals surface area contributed by atoms with Crippen LogP contribution in [0.15, 0.2) is 61.2 Å². The zero-order valence-electron chi connectivity index (χ0n) is 18.5. The summed E-state index contributed by atoms with van der Waals surface area (Å²) in [5.74, 6) is 0.795. The zero-order valence-corrected chi connectivity index (χ0v) is 18.5. The summed E-state index contributed by atoms with van der Waals surface area (Å²) in [6.45, 7) is 17.4. The van der Waals surface area contributed by atoms with Gasteiger partial charge in [0.15, 0.2) is 0 Å². The van der Waals surface area contributed by atoms with Crippen molar-refractivity contribution in [3.63, 3.8) is 0 Å². The Balaban J connectivity index is 2.00. The molecule has 0 bridgehead atoms. The quantitative estimate of drug-likeness (QED) is 0.420. The van der Waals surface area contributed by atoms with Gasteiger partial charge in [0, 0.05) is 11.3 Å². The number of hydrogen-bond donors (Lipinski definition) is 0. The third-order valence-corrected chi connectivity index (χ3v) is 5.37. The van der Waals surface area contributed by atoms with Crippen LogP contribution >= 0.6 is 0 Å². The van der Waals surface area contributed by atoms with Gasteiger partial charge in [-0.15, -0.1) is 18.0 Å². The maximum Gasteiger partial charge on any atom is 0.0714 e. The summed E-state index contributed by atoms with van der Waals surface area (Å²) in [5, 5.41) is 4.99. The first kappa shape index (κ1) is 20.9. The Hall–Kier alpha value is -2.87. The van der Waals surface area contributed by atoms with Gasteiger partial charge in [0.25, 0.3) is 0 Å². The van der Waals surface area contributed by atoms with Crippen LogP contribution in [-0.4, -0.2) is 4.98 Å². The van der Waals surface area contributed by atoms with Crippen LogP contribution in [0.2, 0.25) is 0 Å². The molecule has 0 aliphatic carbocycles. The second-order valence-electron chi connectivity index (χ2n) is 8.33. The van der Waals surface area contributed by atoms with Gasteiger partial charge in [-0.05, 0) is 48.9 Å². The SMILES string of the molecule is C=C([N-]c1c(C(C)C)cccc1C(C)C)c1cccc(-c2c(C)cccc2C)n1. The van der Waals surface area contributed by atoms with E-state index < -0.39 is 0 Å². The summed E-state index contributed by atoms with van der Waals surface area (Å²) in [4.78, 5) is 4.92. The average Bonchev–Trinajstić information content (AvgIpc) is 2.68. The van der Waals surface area contributed by atoms with Crippen molar-refractivity contribution >= 4 is 11.4 Å². The highest BCUT2D eigenvalue weighted by Crippen LogP contribution is 2.41. The number of hydrogen-bond acceptors (Lipinski definition) is 1. The highest BCUT2D eigenvalue weighted by Gasteiger charge is 2.10. The maximum atomic E-state index is 4.99. The second kappa shape index (κ2) is 8.65. The molecule has 0 saturated heterocycles. The van der Waals surface area contributed by atoms with Crippen LogP contribution in [0.3, 0.4) is 0 Å². The molecule has 0 spiro atoms. The molecule has 1 aromatic heterocycles. The van der Waals surface area contributed by atoms with E-state index in [1.807, 2.05) is 12.1 Å². The Labute approximate surface area is 175 Å². The maximum absolute atomic E-state index is 4.99. The summed E-state index contributed by atoms with van der Waals surface area (Å²) in [7, 11) is 0. The monoisotopic (exact) mass is 383 g/mol. The van der Waals surface area contributed by atoms with Crippen LogP contribution in [-0.2, 0) is 0 Å². The molecule has 29 heavy (non-hydrogen) atoms. The lowest BCUT2D eigenvalue weighted by Crippen LogP contribution is -1.98. The number of pyridine rings is 1. The molecule has 3 rings (SSSR count). The minimum atomic E-state index is 0.397. The Kier molecular flexibility index (Phi) is 6.22. The lowest BCUT2D eigenvalue weighted by Gasteiger charge is -2.33. The molecule has 0 N–H and O–H groups in total. The molecule has 0 fully saturated rings. The van der Waals surface area contributed by atoms with Crippen molar-refractivity contribution in [2.45, 2.75) is 53.4 Å². The molecule has 0 radical (unpaired) electrons. The van der Waals surface area contributed by atoms with Crippen LogP contribution in [0.4, 0.5) is 5.69 Å². The summed E-state index contributed by atoms with van der Waals surface area (Å²) in [6, 6.07) is 18.9. The zero-order chi connectivity index (χ0) is 21.1. The molecule has 0 saturated carbocycles. The molecule has 3 aromatic rings. The molecule has 1 heterocycles. The first-order chi connectivity index (χ1) is 13.8. The van der Waals surface area contributed by atoms with Crippen molar-refractivity contribution < 1.29 is 0 Å². The van der Waals surface area contributed by atoms with E-state index in [9.17, 15) is 0 Å². The van der Waals surface area contributed by atoms with E-state index >= 15 is 0 Å².